The Morgan fingerprint density at radius 3 is 2.71 bits per heavy atom. The van der Waals surface area contributed by atoms with Crippen LogP contribution in [0, 0.1) is 0 Å². The zero-order valence-corrected chi connectivity index (χ0v) is 24.0. The number of hydrogen-bond donors (Lipinski definition) is 0. The van der Waals surface area contributed by atoms with Crippen molar-refractivity contribution in [3.05, 3.63) is 109 Å². The summed E-state index contributed by atoms with van der Waals surface area (Å²) in [5.41, 5.74) is 1.16. The Morgan fingerprint density at radius 2 is 1.93 bits per heavy atom. The number of nitrogens with zero attached hydrogens (tertiary/aromatic N) is 4. The van der Waals surface area contributed by atoms with Crippen LogP contribution in [-0.2, 0) is 9.53 Å². The van der Waals surface area contributed by atoms with Gasteiger partial charge in [-0.2, -0.15) is 0 Å². The van der Waals surface area contributed by atoms with Crippen molar-refractivity contribution in [1.82, 2.24) is 14.5 Å². The molecule has 5 aromatic rings. The molecule has 206 valence electrons. The van der Waals surface area contributed by atoms with Crippen LogP contribution in [-0.4, -0.2) is 34.2 Å². The smallest absolute Gasteiger partial charge is 0.338 e. The molecule has 0 radical (unpaired) electrons. The van der Waals surface area contributed by atoms with E-state index in [2.05, 4.69) is 15.0 Å². The van der Waals surface area contributed by atoms with Crippen LogP contribution in [0.25, 0.3) is 16.8 Å². The second kappa shape index (κ2) is 11.2. The van der Waals surface area contributed by atoms with Gasteiger partial charge in [-0.05, 0) is 60.6 Å². The molecule has 2 aromatic carbocycles. The first-order chi connectivity index (χ1) is 20.0. The average Bonchev–Trinajstić information content (AvgIpc) is 3.55. The van der Waals surface area contributed by atoms with E-state index in [1.54, 1.807) is 62.2 Å². The quantitative estimate of drug-likeness (QED) is 0.203. The first-order valence-electron chi connectivity index (χ1n) is 12.8. The Kier molecular flexibility index (Phi) is 7.29. The summed E-state index contributed by atoms with van der Waals surface area (Å²) in [6.07, 6.45) is 5.00. The summed E-state index contributed by atoms with van der Waals surface area (Å²) in [5, 5.41) is 2.96. The molecule has 1 aliphatic rings. The van der Waals surface area contributed by atoms with Crippen LogP contribution in [0.5, 0.6) is 5.75 Å². The lowest BCUT2D eigenvalue weighted by Gasteiger charge is -2.27. The number of thiazole rings is 1. The van der Waals surface area contributed by atoms with Gasteiger partial charge in [0.25, 0.3) is 5.56 Å². The summed E-state index contributed by atoms with van der Waals surface area (Å²) in [5.74, 6) is 0.517. The van der Waals surface area contributed by atoms with Gasteiger partial charge in [0, 0.05) is 24.0 Å². The molecule has 1 aliphatic heterocycles. The van der Waals surface area contributed by atoms with Gasteiger partial charge in [0.2, 0.25) is 0 Å². The fourth-order valence-electron chi connectivity index (χ4n) is 4.82. The third kappa shape index (κ3) is 4.98. The summed E-state index contributed by atoms with van der Waals surface area (Å²) in [6, 6.07) is 16.1. The first kappa shape index (κ1) is 26.7. The van der Waals surface area contributed by atoms with Gasteiger partial charge in [0.15, 0.2) is 15.1 Å². The van der Waals surface area contributed by atoms with E-state index in [-0.39, 0.29) is 12.2 Å². The van der Waals surface area contributed by atoms with E-state index in [0.717, 1.165) is 10.8 Å². The van der Waals surface area contributed by atoms with Crippen LogP contribution in [0.4, 0.5) is 0 Å². The van der Waals surface area contributed by atoms with Gasteiger partial charge in [-0.3, -0.25) is 9.36 Å². The lowest BCUT2D eigenvalue weighted by molar-refractivity contribution is -0.139. The summed E-state index contributed by atoms with van der Waals surface area (Å²) in [4.78, 5) is 41.0. The number of furan rings is 1. The number of rotatable bonds is 7. The molecule has 0 unspecified atom stereocenters. The predicted octanol–water partition coefficient (Wildman–Crippen LogP) is 4.49. The average molecular weight is 585 g/mol. The molecule has 0 bridgehead atoms. The number of benzene rings is 2. The summed E-state index contributed by atoms with van der Waals surface area (Å²) in [6.45, 7) is 3.69. The number of carbonyl (C=O) groups is 1. The molecule has 11 heteroatoms. The van der Waals surface area contributed by atoms with E-state index in [1.165, 1.54) is 23.1 Å². The van der Waals surface area contributed by atoms with Gasteiger partial charge in [0.05, 0.1) is 29.5 Å². The molecular weight excluding hydrogens is 560 g/mol. The molecule has 3 aromatic heterocycles. The second-order valence-electron chi connectivity index (χ2n) is 9.00. The Labute approximate surface area is 242 Å². The molecule has 0 amide bonds. The molecule has 0 aliphatic carbocycles. The van der Waals surface area contributed by atoms with Crippen molar-refractivity contribution in [3.63, 3.8) is 0 Å². The molecule has 1 atom stereocenters. The maximum Gasteiger partial charge on any atom is 0.338 e. The van der Waals surface area contributed by atoms with E-state index in [9.17, 15) is 9.59 Å². The molecule has 0 saturated heterocycles. The van der Waals surface area contributed by atoms with E-state index in [0.29, 0.717) is 47.9 Å². The third-order valence-electron chi connectivity index (χ3n) is 6.55. The minimum atomic E-state index is -0.813. The van der Waals surface area contributed by atoms with E-state index in [1.807, 2.05) is 36.4 Å². The van der Waals surface area contributed by atoms with Crippen molar-refractivity contribution in [2.75, 3.05) is 13.7 Å². The van der Waals surface area contributed by atoms with Gasteiger partial charge >= 0.3 is 5.97 Å². The van der Waals surface area contributed by atoms with Gasteiger partial charge in [0.1, 0.15) is 17.6 Å². The molecule has 9 nitrogen and oxygen atoms in total. The van der Waals surface area contributed by atoms with E-state index in [4.69, 9.17) is 13.9 Å². The summed E-state index contributed by atoms with van der Waals surface area (Å²) < 4.78 is 19.1. The number of fused-ring (bicyclic) bond motifs is 2. The van der Waals surface area contributed by atoms with Crippen molar-refractivity contribution < 1.29 is 18.7 Å². The van der Waals surface area contributed by atoms with Crippen molar-refractivity contribution in [3.8, 4) is 5.75 Å². The van der Waals surface area contributed by atoms with Crippen molar-refractivity contribution in [2.45, 2.75) is 30.1 Å². The lowest BCUT2D eigenvalue weighted by Crippen LogP contribution is -2.40. The Bertz CT molecular complexity index is 1990. The summed E-state index contributed by atoms with van der Waals surface area (Å²) >= 11 is 2.51. The van der Waals surface area contributed by atoms with Crippen LogP contribution >= 0.6 is 23.1 Å². The topological polar surface area (TPSA) is 109 Å². The Morgan fingerprint density at radius 1 is 1.12 bits per heavy atom. The maximum atomic E-state index is 14.1. The number of ether oxygens (including phenoxy) is 2. The molecule has 0 N–H and O–H groups in total. The van der Waals surface area contributed by atoms with Crippen LogP contribution < -0.4 is 19.6 Å². The summed E-state index contributed by atoms with van der Waals surface area (Å²) in [7, 11) is 1.57. The third-order valence-corrected chi connectivity index (χ3v) is 8.35. The number of methoxy groups -OCH3 is 1. The standard InChI is InChI=1S/C30H24N4O5S2/c1-4-38-28(36)24-17(2)33-30-34(26(24)25-20-9-6-5-8-18(20)10-12-21(25)37-3)27(35)22(40-30)16-19-11-13-23(39-19)41-29-31-14-7-15-32-29/h5-16,26H,4H2,1-3H3/b22-16+/t26-/m0/s1. The maximum absolute atomic E-state index is 14.1. The van der Waals surface area contributed by atoms with Crippen LogP contribution in [0.2, 0.25) is 0 Å². The van der Waals surface area contributed by atoms with Gasteiger partial charge in [-0.1, -0.05) is 41.7 Å². The van der Waals surface area contributed by atoms with Crippen molar-refractivity contribution in [1.29, 1.82) is 0 Å². The molecule has 0 fully saturated rings. The molecule has 4 heterocycles. The van der Waals surface area contributed by atoms with Crippen LogP contribution in [0.15, 0.2) is 103 Å². The first-order valence-corrected chi connectivity index (χ1v) is 14.4. The number of allylic oxidation sites excluding steroid dienone is 1. The number of aromatic nitrogens is 3. The fraction of sp³-hybridized carbons (Fsp3) is 0.167. The Balaban J connectivity index is 1.53. The van der Waals surface area contributed by atoms with Gasteiger partial charge in [-0.15, -0.1) is 0 Å². The zero-order valence-electron chi connectivity index (χ0n) is 22.4. The molecular formula is C30H24N4O5S2. The van der Waals surface area contributed by atoms with Gasteiger partial charge in [-0.25, -0.2) is 19.8 Å². The Hall–Kier alpha value is -4.48. The van der Waals surface area contributed by atoms with Crippen LogP contribution in [0.3, 0.4) is 0 Å². The van der Waals surface area contributed by atoms with Crippen molar-refractivity contribution >= 4 is 45.9 Å². The lowest BCUT2D eigenvalue weighted by atomic mass is 9.90. The predicted molar refractivity (Wildman–Crippen MR) is 156 cm³/mol. The normalized spacial score (nSPS) is 15.1. The number of carbonyl (C=O) groups excluding carboxylic acids is 1. The van der Waals surface area contributed by atoms with Gasteiger partial charge < -0.3 is 13.9 Å². The largest absolute Gasteiger partial charge is 0.496 e. The number of hydrogen-bond acceptors (Lipinski definition) is 10. The highest BCUT2D eigenvalue weighted by Gasteiger charge is 2.36. The second-order valence-corrected chi connectivity index (χ2v) is 11.0. The fourth-order valence-corrected chi connectivity index (χ4v) is 6.53. The molecule has 6 rings (SSSR count). The highest BCUT2D eigenvalue weighted by molar-refractivity contribution is 7.99. The van der Waals surface area contributed by atoms with Crippen LogP contribution in [0.1, 0.15) is 31.2 Å². The SMILES string of the molecule is CCOC(=O)C1=C(C)N=c2s/c(=C/c3ccc(Sc4ncccn4)o3)c(=O)n2[C@@H]1c1c(OC)ccc2ccccc12. The zero-order chi connectivity index (χ0) is 28.5. The highest BCUT2D eigenvalue weighted by Crippen LogP contribution is 2.40. The van der Waals surface area contributed by atoms with E-state index < -0.39 is 12.0 Å². The molecule has 0 saturated carbocycles. The number of esters is 1. The monoisotopic (exact) mass is 584 g/mol. The molecule has 0 spiro atoms. The minimum absolute atomic E-state index is 0.187. The highest BCUT2D eigenvalue weighted by atomic mass is 32.2. The minimum Gasteiger partial charge on any atom is -0.496 e. The van der Waals surface area contributed by atoms with Crippen molar-refractivity contribution in [2.24, 2.45) is 4.99 Å². The van der Waals surface area contributed by atoms with E-state index >= 15 is 0 Å². The molecule has 41 heavy (non-hydrogen) atoms.